The summed E-state index contributed by atoms with van der Waals surface area (Å²) in [6.07, 6.45) is 1.79. The minimum atomic E-state index is -0.0141. The van der Waals surface area contributed by atoms with E-state index >= 15 is 0 Å². The Balaban J connectivity index is 2.34. The smallest absolute Gasteiger partial charge is 0.161 e. The van der Waals surface area contributed by atoms with Crippen LogP contribution in [0.25, 0.3) is 10.6 Å². The van der Waals surface area contributed by atoms with Crippen molar-refractivity contribution in [2.75, 3.05) is 6.61 Å². The van der Waals surface area contributed by atoms with Gasteiger partial charge in [-0.05, 0) is 32.0 Å². The normalized spacial score (nSPS) is 12.4. The van der Waals surface area contributed by atoms with Crippen molar-refractivity contribution < 1.29 is 9.84 Å². The summed E-state index contributed by atoms with van der Waals surface area (Å²) in [4.78, 5) is 5.38. The van der Waals surface area contributed by atoms with Gasteiger partial charge >= 0.3 is 0 Å². The summed E-state index contributed by atoms with van der Waals surface area (Å²) in [5.41, 5.74) is 6.74. The molecule has 0 fully saturated rings. The molecule has 0 bridgehead atoms. The lowest BCUT2D eigenvalue weighted by Crippen LogP contribution is -2.01. The Hall–Kier alpha value is -1.59. The van der Waals surface area contributed by atoms with Crippen LogP contribution in [-0.4, -0.2) is 16.7 Å². The van der Waals surface area contributed by atoms with Crippen molar-refractivity contribution in [3.8, 4) is 22.1 Å². The van der Waals surface area contributed by atoms with Crippen LogP contribution in [0.1, 0.15) is 24.8 Å². The van der Waals surface area contributed by atoms with Crippen molar-refractivity contribution in [2.45, 2.75) is 19.9 Å². The lowest BCUT2D eigenvalue weighted by molar-refractivity contribution is 0.318. The maximum Gasteiger partial charge on any atom is 0.161 e. The van der Waals surface area contributed by atoms with Crippen molar-refractivity contribution in [3.05, 3.63) is 29.3 Å². The summed E-state index contributed by atoms with van der Waals surface area (Å²) in [7, 11) is 0. The number of hydrogen-bond acceptors (Lipinski definition) is 5. The Labute approximate surface area is 110 Å². The second-order valence-corrected chi connectivity index (χ2v) is 5.03. The predicted molar refractivity (Wildman–Crippen MR) is 73.0 cm³/mol. The number of benzene rings is 1. The Morgan fingerprint density at radius 1 is 1.50 bits per heavy atom. The maximum atomic E-state index is 9.64. The first-order valence-corrected chi connectivity index (χ1v) is 6.61. The Kier molecular flexibility index (Phi) is 3.84. The Morgan fingerprint density at radius 2 is 2.28 bits per heavy atom. The van der Waals surface area contributed by atoms with E-state index in [1.807, 2.05) is 19.9 Å². The minimum absolute atomic E-state index is 0.0141. The molecule has 0 amide bonds. The van der Waals surface area contributed by atoms with Crippen molar-refractivity contribution in [2.24, 2.45) is 5.73 Å². The SMILES string of the molecule is CCOc1cc(-c2ncc(C(C)N)s2)ccc1O. The number of aromatic nitrogens is 1. The number of hydrogen-bond donors (Lipinski definition) is 2. The number of thiazole rings is 1. The largest absolute Gasteiger partial charge is 0.504 e. The average Bonchev–Trinajstić information content (AvgIpc) is 2.82. The molecule has 1 aromatic carbocycles. The van der Waals surface area contributed by atoms with E-state index in [1.165, 1.54) is 0 Å². The molecular weight excluding hydrogens is 248 g/mol. The molecule has 0 radical (unpaired) electrons. The predicted octanol–water partition coefficient (Wildman–Crippen LogP) is 2.93. The molecule has 1 unspecified atom stereocenters. The fourth-order valence-electron chi connectivity index (χ4n) is 1.55. The van der Waals surface area contributed by atoms with Gasteiger partial charge in [0.05, 0.1) is 6.61 Å². The third-order valence-corrected chi connectivity index (χ3v) is 3.73. The summed E-state index contributed by atoms with van der Waals surface area (Å²) < 4.78 is 5.36. The molecule has 3 N–H and O–H groups in total. The zero-order valence-corrected chi connectivity index (χ0v) is 11.2. The highest BCUT2D eigenvalue weighted by Crippen LogP contribution is 2.34. The quantitative estimate of drug-likeness (QED) is 0.891. The number of nitrogens with zero attached hydrogens (tertiary/aromatic N) is 1. The first kappa shape index (κ1) is 12.9. The summed E-state index contributed by atoms with van der Waals surface area (Å²) in [5.74, 6) is 0.622. The van der Waals surface area contributed by atoms with Gasteiger partial charge in [0.2, 0.25) is 0 Å². The summed E-state index contributed by atoms with van der Waals surface area (Å²) in [6.45, 7) is 4.32. The van der Waals surface area contributed by atoms with Gasteiger partial charge in [-0.3, -0.25) is 0 Å². The van der Waals surface area contributed by atoms with E-state index in [4.69, 9.17) is 10.5 Å². The molecule has 0 saturated carbocycles. The first-order chi connectivity index (χ1) is 8.61. The Bertz CT molecular complexity index is 538. The average molecular weight is 264 g/mol. The lowest BCUT2D eigenvalue weighted by Gasteiger charge is -2.06. The minimum Gasteiger partial charge on any atom is -0.504 e. The van der Waals surface area contributed by atoms with Gasteiger partial charge in [-0.15, -0.1) is 11.3 Å². The van der Waals surface area contributed by atoms with Gasteiger partial charge in [0, 0.05) is 22.7 Å². The zero-order chi connectivity index (χ0) is 13.1. The van der Waals surface area contributed by atoms with Gasteiger partial charge in [0.1, 0.15) is 5.01 Å². The molecular formula is C13H16N2O2S. The number of phenolic OH excluding ortho intramolecular Hbond substituents is 1. The van der Waals surface area contributed by atoms with E-state index < -0.39 is 0 Å². The van der Waals surface area contributed by atoms with Crippen molar-refractivity contribution >= 4 is 11.3 Å². The van der Waals surface area contributed by atoms with Crippen LogP contribution in [0.4, 0.5) is 0 Å². The highest BCUT2D eigenvalue weighted by Gasteiger charge is 2.10. The van der Waals surface area contributed by atoms with Gasteiger partial charge in [0.15, 0.2) is 11.5 Å². The van der Waals surface area contributed by atoms with E-state index in [0.717, 1.165) is 15.4 Å². The molecule has 18 heavy (non-hydrogen) atoms. The van der Waals surface area contributed by atoms with Crippen molar-refractivity contribution in [1.29, 1.82) is 0 Å². The molecule has 2 rings (SSSR count). The molecule has 2 aromatic rings. The first-order valence-electron chi connectivity index (χ1n) is 5.79. The van der Waals surface area contributed by atoms with E-state index in [1.54, 1.807) is 29.7 Å². The molecule has 0 spiro atoms. The number of ether oxygens (including phenoxy) is 1. The van der Waals surface area contributed by atoms with Crippen LogP contribution < -0.4 is 10.5 Å². The van der Waals surface area contributed by atoms with Crippen LogP contribution in [0, 0.1) is 0 Å². The number of nitrogens with two attached hydrogens (primary N) is 1. The van der Waals surface area contributed by atoms with E-state index in [9.17, 15) is 5.11 Å². The van der Waals surface area contributed by atoms with Gasteiger partial charge in [-0.1, -0.05) is 0 Å². The van der Waals surface area contributed by atoms with Crippen molar-refractivity contribution in [3.63, 3.8) is 0 Å². The fraction of sp³-hybridized carbons (Fsp3) is 0.308. The zero-order valence-electron chi connectivity index (χ0n) is 10.4. The van der Waals surface area contributed by atoms with Crippen LogP contribution in [0.5, 0.6) is 11.5 Å². The molecule has 0 saturated heterocycles. The molecule has 1 atom stereocenters. The highest BCUT2D eigenvalue weighted by molar-refractivity contribution is 7.15. The topological polar surface area (TPSA) is 68.4 Å². The maximum absolute atomic E-state index is 9.64. The second kappa shape index (κ2) is 5.37. The van der Waals surface area contributed by atoms with Crippen LogP contribution in [0.2, 0.25) is 0 Å². The van der Waals surface area contributed by atoms with Crippen LogP contribution in [0.15, 0.2) is 24.4 Å². The molecule has 1 heterocycles. The van der Waals surface area contributed by atoms with Gasteiger partial charge in [0.25, 0.3) is 0 Å². The number of rotatable bonds is 4. The van der Waals surface area contributed by atoms with Crippen LogP contribution in [-0.2, 0) is 0 Å². The third kappa shape index (κ3) is 2.63. The molecule has 0 aliphatic heterocycles. The van der Waals surface area contributed by atoms with Gasteiger partial charge in [-0.25, -0.2) is 4.98 Å². The second-order valence-electron chi connectivity index (χ2n) is 3.97. The van der Waals surface area contributed by atoms with Crippen molar-refractivity contribution in [1.82, 2.24) is 4.98 Å². The Morgan fingerprint density at radius 3 is 2.89 bits per heavy atom. The summed E-state index contributed by atoms with van der Waals surface area (Å²) in [5, 5.41) is 10.5. The van der Waals surface area contributed by atoms with Crippen LogP contribution in [0.3, 0.4) is 0 Å². The van der Waals surface area contributed by atoms with Crippen LogP contribution >= 0.6 is 11.3 Å². The molecule has 1 aromatic heterocycles. The molecule has 96 valence electrons. The van der Waals surface area contributed by atoms with E-state index in [2.05, 4.69) is 4.98 Å². The molecule has 0 aliphatic carbocycles. The third-order valence-electron chi connectivity index (χ3n) is 2.48. The lowest BCUT2D eigenvalue weighted by atomic mass is 10.2. The summed E-state index contributed by atoms with van der Waals surface area (Å²) >= 11 is 1.55. The molecule has 4 nitrogen and oxygen atoms in total. The standard InChI is InChI=1S/C13H16N2O2S/c1-3-17-11-6-9(4-5-10(11)16)13-15-7-12(18-13)8(2)14/h4-8,16H,3,14H2,1-2H3. The number of aromatic hydroxyl groups is 1. The summed E-state index contributed by atoms with van der Waals surface area (Å²) in [6, 6.07) is 5.22. The van der Waals surface area contributed by atoms with E-state index in [0.29, 0.717) is 12.4 Å². The fourth-order valence-corrected chi connectivity index (χ4v) is 2.41. The van der Waals surface area contributed by atoms with Gasteiger partial charge in [-0.2, -0.15) is 0 Å². The number of phenols is 1. The van der Waals surface area contributed by atoms with E-state index in [-0.39, 0.29) is 11.8 Å². The highest BCUT2D eigenvalue weighted by atomic mass is 32.1. The monoisotopic (exact) mass is 264 g/mol. The van der Waals surface area contributed by atoms with Gasteiger partial charge < -0.3 is 15.6 Å². The molecule has 0 aliphatic rings. The molecule has 5 heteroatoms.